The van der Waals surface area contributed by atoms with E-state index in [1.807, 2.05) is 65.8 Å². The molecule has 0 aliphatic carbocycles. The van der Waals surface area contributed by atoms with Crippen molar-refractivity contribution < 1.29 is 42.9 Å². The summed E-state index contributed by atoms with van der Waals surface area (Å²) >= 11 is 0. The highest BCUT2D eigenvalue weighted by molar-refractivity contribution is 5.84. The summed E-state index contributed by atoms with van der Waals surface area (Å²) in [6, 6.07) is 8.64. The maximum Gasteiger partial charge on any atom is 0.325 e. The lowest BCUT2D eigenvalue weighted by molar-refractivity contribution is -0.159. The summed E-state index contributed by atoms with van der Waals surface area (Å²) in [5.74, 6) is -3.01. The molecule has 1 fully saturated rings. The van der Waals surface area contributed by atoms with Crippen LogP contribution in [0.4, 0.5) is 0 Å². The minimum Gasteiger partial charge on any atom is -0.460 e. The molecule has 1 amide bonds. The first-order valence-electron chi connectivity index (χ1n) is 18.1. The number of nitrogens with zero attached hydrogens (tertiary/aromatic N) is 3. The average Bonchev–Trinajstić information content (AvgIpc) is 2.99. The molecule has 0 radical (unpaired) electrons. The molecule has 52 heavy (non-hydrogen) atoms. The van der Waals surface area contributed by atoms with Gasteiger partial charge in [0, 0.05) is 51.9 Å². The Morgan fingerprint density at radius 2 is 1.21 bits per heavy atom. The van der Waals surface area contributed by atoms with Gasteiger partial charge in [0.15, 0.2) is 0 Å². The zero-order valence-electron chi connectivity index (χ0n) is 33.0. The Morgan fingerprint density at radius 3 is 1.77 bits per heavy atom. The molecule has 0 bridgehead atoms. The van der Waals surface area contributed by atoms with Crippen LogP contribution in [0.5, 0.6) is 0 Å². The summed E-state index contributed by atoms with van der Waals surface area (Å²) in [5.41, 5.74) is -1.25. The van der Waals surface area contributed by atoms with E-state index >= 15 is 0 Å². The lowest BCUT2D eigenvalue weighted by Gasteiger charge is -2.39. The SMILES string of the molecule is CC(C(=O)NCC(=O)OCc1ccccc1)C1CN(CC(=O)OC(C)(C)C)CCN(CC(=O)OC(C)(C)C)CCNCCN1CC(=O)OC(C)(C)C. The largest absolute Gasteiger partial charge is 0.460 e. The van der Waals surface area contributed by atoms with E-state index < -0.39 is 52.6 Å². The van der Waals surface area contributed by atoms with Crippen LogP contribution in [0.15, 0.2) is 30.3 Å². The lowest BCUT2D eigenvalue weighted by Crippen LogP contribution is -2.57. The number of carbonyl (C=O) groups excluding carboxylic acids is 5. The predicted octanol–water partition coefficient (Wildman–Crippen LogP) is 2.39. The van der Waals surface area contributed by atoms with Crippen molar-refractivity contribution in [1.82, 2.24) is 25.3 Å². The number of carbonyl (C=O) groups is 5. The fourth-order valence-corrected chi connectivity index (χ4v) is 5.53. The molecule has 1 aliphatic rings. The molecule has 1 aromatic carbocycles. The Morgan fingerprint density at radius 1 is 0.712 bits per heavy atom. The predicted molar refractivity (Wildman–Crippen MR) is 197 cm³/mol. The van der Waals surface area contributed by atoms with Crippen LogP contribution in [0.2, 0.25) is 0 Å². The minimum absolute atomic E-state index is 0.0621. The van der Waals surface area contributed by atoms with E-state index in [4.69, 9.17) is 18.9 Å². The number of ether oxygens (including phenoxy) is 4. The fourth-order valence-electron chi connectivity index (χ4n) is 5.53. The first kappa shape index (κ1) is 44.6. The summed E-state index contributed by atoms with van der Waals surface area (Å²) < 4.78 is 22.3. The van der Waals surface area contributed by atoms with Crippen LogP contribution in [-0.2, 0) is 49.5 Å². The maximum atomic E-state index is 13.7. The zero-order chi connectivity index (χ0) is 39.1. The van der Waals surface area contributed by atoms with E-state index in [0.29, 0.717) is 39.3 Å². The Labute approximate surface area is 310 Å². The van der Waals surface area contributed by atoms with Gasteiger partial charge in [-0.25, -0.2) is 0 Å². The van der Waals surface area contributed by atoms with Crippen LogP contribution in [0.25, 0.3) is 0 Å². The first-order chi connectivity index (χ1) is 24.1. The van der Waals surface area contributed by atoms with Crippen LogP contribution in [0.3, 0.4) is 0 Å². The van der Waals surface area contributed by atoms with Crippen LogP contribution < -0.4 is 10.6 Å². The molecule has 0 aromatic heterocycles. The molecular formula is C38H63N5O9. The Hall–Kier alpha value is -3.59. The second-order valence-electron chi connectivity index (χ2n) is 16.2. The summed E-state index contributed by atoms with van der Waals surface area (Å²) in [7, 11) is 0. The van der Waals surface area contributed by atoms with E-state index in [1.165, 1.54) is 0 Å². The van der Waals surface area contributed by atoms with Crippen molar-refractivity contribution in [2.75, 3.05) is 72.0 Å². The van der Waals surface area contributed by atoms with Crippen molar-refractivity contribution in [3.8, 4) is 0 Å². The number of benzene rings is 1. The van der Waals surface area contributed by atoms with Gasteiger partial charge in [0.1, 0.15) is 30.0 Å². The minimum atomic E-state index is -0.744. The summed E-state index contributed by atoms with van der Waals surface area (Å²) in [4.78, 5) is 71.3. The molecular weight excluding hydrogens is 670 g/mol. The van der Waals surface area contributed by atoms with Gasteiger partial charge in [-0.05, 0) is 67.9 Å². The van der Waals surface area contributed by atoms with Crippen molar-refractivity contribution >= 4 is 29.8 Å². The van der Waals surface area contributed by atoms with Crippen LogP contribution in [0.1, 0.15) is 74.8 Å². The monoisotopic (exact) mass is 733 g/mol. The molecule has 0 saturated carbocycles. The lowest BCUT2D eigenvalue weighted by atomic mass is 9.97. The second-order valence-corrected chi connectivity index (χ2v) is 16.2. The molecule has 14 nitrogen and oxygen atoms in total. The molecule has 2 unspecified atom stereocenters. The average molecular weight is 734 g/mol. The third-order valence-corrected chi connectivity index (χ3v) is 7.77. The summed E-state index contributed by atoms with van der Waals surface area (Å²) in [5, 5.41) is 6.10. The van der Waals surface area contributed by atoms with Crippen LogP contribution in [0, 0.1) is 5.92 Å². The Kier molecular flexibility index (Phi) is 17.7. The quantitative estimate of drug-likeness (QED) is 0.239. The van der Waals surface area contributed by atoms with E-state index in [0.717, 1.165) is 5.56 Å². The Balaban J connectivity index is 2.37. The number of hydrogen-bond acceptors (Lipinski definition) is 13. The van der Waals surface area contributed by atoms with Gasteiger partial charge in [-0.1, -0.05) is 37.3 Å². The second kappa shape index (κ2) is 20.6. The highest BCUT2D eigenvalue weighted by Gasteiger charge is 2.35. The van der Waals surface area contributed by atoms with Gasteiger partial charge in [0.2, 0.25) is 5.91 Å². The molecule has 1 saturated heterocycles. The topological polar surface area (TPSA) is 156 Å². The van der Waals surface area contributed by atoms with Crippen molar-refractivity contribution in [1.29, 1.82) is 0 Å². The van der Waals surface area contributed by atoms with E-state index in [9.17, 15) is 24.0 Å². The van der Waals surface area contributed by atoms with E-state index in [-0.39, 0.29) is 45.3 Å². The number of rotatable bonds is 12. The van der Waals surface area contributed by atoms with Gasteiger partial charge in [-0.15, -0.1) is 0 Å². The van der Waals surface area contributed by atoms with Gasteiger partial charge >= 0.3 is 23.9 Å². The van der Waals surface area contributed by atoms with Crippen molar-refractivity contribution in [2.45, 2.75) is 98.7 Å². The number of amides is 1. The molecule has 2 N–H and O–H groups in total. The first-order valence-corrected chi connectivity index (χ1v) is 18.1. The Bertz CT molecular complexity index is 1300. The molecule has 0 spiro atoms. The van der Waals surface area contributed by atoms with E-state index in [1.54, 1.807) is 48.5 Å². The molecule has 2 rings (SSSR count). The van der Waals surface area contributed by atoms with E-state index in [2.05, 4.69) is 10.6 Å². The van der Waals surface area contributed by atoms with Crippen molar-refractivity contribution in [3.05, 3.63) is 35.9 Å². The number of nitrogens with one attached hydrogen (secondary N) is 2. The third kappa shape index (κ3) is 19.3. The van der Waals surface area contributed by atoms with Gasteiger partial charge in [0.25, 0.3) is 0 Å². The molecule has 1 aliphatic heterocycles. The van der Waals surface area contributed by atoms with Crippen LogP contribution in [-0.4, -0.2) is 139 Å². The van der Waals surface area contributed by atoms with Gasteiger partial charge in [-0.3, -0.25) is 38.7 Å². The standard InChI is InChI=1S/C38H63N5O9/c1-28(35(48)40-22-31(44)49-27-29-14-12-11-13-15-29)30-23-42(25-33(46)51-37(5,6)7)21-20-41(24-32(45)50-36(2,3)4)18-16-39-17-19-43(30)26-34(47)52-38(8,9)10/h11-15,28,30,39H,16-27H2,1-10H3,(H,40,48). The third-order valence-electron chi connectivity index (χ3n) is 7.77. The number of esters is 4. The maximum absolute atomic E-state index is 13.7. The van der Waals surface area contributed by atoms with Crippen molar-refractivity contribution in [3.63, 3.8) is 0 Å². The molecule has 14 heteroatoms. The molecule has 1 heterocycles. The fraction of sp³-hybridized carbons (Fsp3) is 0.711. The smallest absolute Gasteiger partial charge is 0.325 e. The van der Waals surface area contributed by atoms with Gasteiger partial charge < -0.3 is 29.6 Å². The van der Waals surface area contributed by atoms with Crippen molar-refractivity contribution in [2.24, 2.45) is 5.92 Å². The molecule has 2 atom stereocenters. The summed E-state index contributed by atoms with van der Waals surface area (Å²) in [6.07, 6.45) is 0. The number of hydrogen-bond donors (Lipinski definition) is 2. The van der Waals surface area contributed by atoms with Gasteiger partial charge in [-0.2, -0.15) is 0 Å². The highest BCUT2D eigenvalue weighted by atomic mass is 16.6. The molecule has 294 valence electrons. The normalized spacial score (nSPS) is 18.2. The zero-order valence-corrected chi connectivity index (χ0v) is 33.0. The summed E-state index contributed by atoms with van der Waals surface area (Å²) in [6.45, 7) is 20.4. The van der Waals surface area contributed by atoms with Crippen LogP contribution >= 0.6 is 0 Å². The highest BCUT2D eigenvalue weighted by Crippen LogP contribution is 2.18. The van der Waals surface area contributed by atoms with Gasteiger partial charge in [0.05, 0.1) is 25.6 Å². The molecule has 1 aromatic rings.